The molecule has 3 atom stereocenters. The van der Waals surface area contributed by atoms with Crippen LogP contribution in [0.15, 0.2) is 0 Å². The second kappa shape index (κ2) is 7.98. The van der Waals surface area contributed by atoms with Crippen LogP contribution in [0.25, 0.3) is 0 Å². The van der Waals surface area contributed by atoms with Crippen molar-refractivity contribution in [3.05, 3.63) is 0 Å². The van der Waals surface area contributed by atoms with E-state index in [0.29, 0.717) is 12.5 Å². The molecule has 1 aliphatic rings. The maximum absolute atomic E-state index is 11.7. The summed E-state index contributed by atoms with van der Waals surface area (Å²) < 4.78 is 22.0. The Hall–Kier alpha value is -0.620. The molecule has 0 spiro atoms. The molecule has 0 aromatic carbocycles. The standard InChI is InChI=1S/C14H28N2O3S/c1-11-4-3-5-12(10-11)6-8-16-14(17)13(15)7-9-20(2,18)19/h11-13H,3-10,15H2,1-2H3,(H,16,17). The largest absolute Gasteiger partial charge is 0.355 e. The highest BCUT2D eigenvalue weighted by Crippen LogP contribution is 2.30. The lowest BCUT2D eigenvalue weighted by atomic mass is 9.81. The van der Waals surface area contributed by atoms with Gasteiger partial charge in [-0.25, -0.2) is 8.42 Å². The number of amides is 1. The van der Waals surface area contributed by atoms with Gasteiger partial charge in [0, 0.05) is 12.8 Å². The Balaban J connectivity index is 2.18. The van der Waals surface area contributed by atoms with Crippen molar-refractivity contribution in [2.24, 2.45) is 17.6 Å². The summed E-state index contributed by atoms with van der Waals surface area (Å²) in [4.78, 5) is 11.7. The molecule has 0 saturated heterocycles. The van der Waals surface area contributed by atoms with Crippen LogP contribution in [0, 0.1) is 11.8 Å². The predicted molar refractivity (Wildman–Crippen MR) is 81.1 cm³/mol. The third-order valence-corrected chi connectivity index (χ3v) is 5.01. The zero-order valence-electron chi connectivity index (χ0n) is 12.6. The number of sulfone groups is 1. The van der Waals surface area contributed by atoms with Crippen LogP contribution in [-0.4, -0.2) is 38.9 Å². The Morgan fingerprint density at radius 1 is 1.40 bits per heavy atom. The van der Waals surface area contributed by atoms with Crippen LogP contribution in [0.5, 0.6) is 0 Å². The fraction of sp³-hybridized carbons (Fsp3) is 0.929. The van der Waals surface area contributed by atoms with Crippen LogP contribution < -0.4 is 11.1 Å². The van der Waals surface area contributed by atoms with Gasteiger partial charge in [-0.1, -0.05) is 26.2 Å². The maximum atomic E-state index is 11.7. The average molecular weight is 304 g/mol. The van der Waals surface area contributed by atoms with Crippen LogP contribution in [-0.2, 0) is 14.6 Å². The van der Waals surface area contributed by atoms with Gasteiger partial charge >= 0.3 is 0 Å². The molecule has 1 saturated carbocycles. The highest BCUT2D eigenvalue weighted by molar-refractivity contribution is 7.90. The van der Waals surface area contributed by atoms with Crippen LogP contribution in [0.2, 0.25) is 0 Å². The first-order valence-corrected chi connectivity index (χ1v) is 9.55. The minimum atomic E-state index is -3.06. The molecule has 1 aliphatic carbocycles. The van der Waals surface area contributed by atoms with Crippen molar-refractivity contribution in [1.29, 1.82) is 0 Å². The Morgan fingerprint density at radius 3 is 2.70 bits per heavy atom. The van der Waals surface area contributed by atoms with Gasteiger partial charge in [-0.2, -0.15) is 0 Å². The lowest BCUT2D eigenvalue weighted by Crippen LogP contribution is -2.42. The van der Waals surface area contributed by atoms with Gasteiger partial charge in [0.05, 0.1) is 11.8 Å². The van der Waals surface area contributed by atoms with Crippen molar-refractivity contribution in [2.45, 2.75) is 51.5 Å². The second-order valence-electron chi connectivity index (χ2n) is 6.24. The molecule has 118 valence electrons. The monoisotopic (exact) mass is 304 g/mol. The third-order valence-electron chi connectivity index (χ3n) is 4.03. The van der Waals surface area contributed by atoms with Gasteiger partial charge in [0.25, 0.3) is 0 Å². The highest BCUT2D eigenvalue weighted by atomic mass is 32.2. The lowest BCUT2D eigenvalue weighted by Gasteiger charge is -2.26. The fourth-order valence-electron chi connectivity index (χ4n) is 2.82. The van der Waals surface area contributed by atoms with Gasteiger partial charge in [0.15, 0.2) is 0 Å². The van der Waals surface area contributed by atoms with Gasteiger partial charge < -0.3 is 11.1 Å². The predicted octanol–water partition coefficient (Wildman–Crippen LogP) is 1.08. The molecule has 6 heteroatoms. The zero-order chi connectivity index (χ0) is 15.2. The van der Waals surface area contributed by atoms with Crippen LogP contribution in [0.1, 0.15) is 45.4 Å². The van der Waals surface area contributed by atoms with E-state index in [-0.39, 0.29) is 18.1 Å². The number of hydrogen-bond donors (Lipinski definition) is 2. The molecule has 0 radical (unpaired) electrons. The zero-order valence-corrected chi connectivity index (χ0v) is 13.4. The van der Waals surface area contributed by atoms with Gasteiger partial charge in [0.1, 0.15) is 9.84 Å². The molecule has 3 N–H and O–H groups in total. The van der Waals surface area contributed by atoms with Crippen molar-refractivity contribution in [1.82, 2.24) is 5.32 Å². The Morgan fingerprint density at radius 2 is 2.10 bits per heavy atom. The van der Waals surface area contributed by atoms with Gasteiger partial charge in [-0.15, -0.1) is 0 Å². The van der Waals surface area contributed by atoms with E-state index in [9.17, 15) is 13.2 Å². The average Bonchev–Trinajstić information content (AvgIpc) is 2.35. The smallest absolute Gasteiger partial charge is 0.236 e. The SMILES string of the molecule is CC1CCCC(CCNC(=O)C(N)CCS(C)(=O)=O)C1. The molecule has 5 nitrogen and oxygen atoms in total. The van der Waals surface area contributed by atoms with Crippen LogP contribution in [0.3, 0.4) is 0 Å². The van der Waals surface area contributed by atoms with Gasteiger partial charge in [-0.3, -0.25) is 4.79 Å². The molecule has 0 aromatic rings. The molecule has 1 fully saturated rings. The van der Waals surface area contributed by atoms with Crippen LogP contribution >= 0.6 is 0 Å². The third kappa shape index (κ3) is 7.24. The van der Waals surface area contributed by atoms with Crippen molar-refractivity contribution in [3.8, 4) is 0 Å². The highest BCUT2D eigenvalue weighted by Gasteiger charge is 2.20. The van der Waals surface area contributed by atoms with E-state index < -0.39 is 15.9 Å². The first-order chi connectivity index (χ1) is 9.28. The fourth-order valence-corrected chi connectivity index (χ4v) is 3.51. The summed E-state index contributed by atoms with van der Waals surface area (Å²) in [6.07, 6.45) is 7.44. The first kappa shape index (κ1) is 17.4. The Bertz CT molecular complexity index is 409. The molecule has 0 aliphatic heterocycles. The normalized spacial score (nSPS) is 25.1. The minimum Gasteiger partial charge on any atom is -0.355 e. The van der Waals surface area contributed by atoms with Crippen molar-refractivity contribution >= 4 is 15.7 Å². The number of rotatable bonds is 7. The van der Waals surface area contributed by atoms with Crippen molar-refractivity contribution in [3.63, 3.8) is 0 Å². The number of nitrogens with two attached hydrogens (primary N) is 1. The van der Waals surface area contributed by atoms with E-state index in [1.165, 1.54) is 25.7 Å². The molecule has 0 bridgehead atoms. The minimum absolute atomic E-state index is 0.0400. The van der Waals surface area contributed by atoms with E-state index in [1.54, 1.807) is 0 Å². The number of carbonyl (C=O) groups excluding carboxylic acids is 1. The van der Waals surface area contributed by atoms with E-state index in [4.69, 9.17) is 5.73 Å². The van der Waals surface area contributed by atoms with E-state index in [0.717, 1.165) is 18.6 Å². The molecule has 0 heterocycles. The summed E-state index contributed by atoms with van der Waals surface area (Å²) in [5.41, 5.74) is 5.69. The van der Waals surface area contributed by atoms with Crippen molar-refractivity contribution in [2.75, 3.05) is 18.6 Å². The van der Waals surface area contributed by atoms with Crippen molar-refractivity contribution < 1.29 is 13.2 Å². The summed E-state index contributed by atoms with van der Waals surface area (Å²) >= 11 is 0. The van der Waals surface area contributed by atoms with Gasteiger partial charge in [0.2, 0.25) is 5.91 Å². The van der Waals surface area contributed by atoms with Crippen LogP contribution in [0.4, 0.5) is 0 Å². The first-order valence-electron chi connectivity index (χ1n) is 7.49. The van der Waals surface area contributed by atoms with Gasteiger partial charge in [-0.05, 0) is 31.1 Å². The summed E-state index contributed by atoms with van der Waals surface area (Å²) in [6, 6.07) is -0.727. The lowest BCUT2D eigenvalue weighted by molar-refractivity contribution is -0.122. The Labute approximate surface area is 122 Å². The second-order valence-corrected chi connectivity index (χ2v) is 8.50. The summed E-state index contributed by atoms with van der Waals surface area (Å²) in [5.74, 6) is 1.21. The summed E-state index contributed by atoms with van der Waals surface area (Å²) in [6.45, 7) is 2.93. The number of nitrogens with one attached hydrogen (secondary N) is 1. The topological polar surface area (TPSA) is 89.3 Å². The van der Waals surface area contributed by atoms with E-state index in [2.05, 4.69) is 12.2 Å². The molecule has 20 heavy (non-hydrogen) atoms. The molecule has 1 rings (SSSR count). The molecule has 0 aromatic heterocycles. The number of carbonyl (C=O) groups is 1. The molecule has 1 amide bonds. The summed E-state index contributed by atoms with van der Waals surface area (Å²) in [5, 5.41) is 2.82. The molecular formula is C14H28N2O3S. The quantitative estimate of drug-likeness (QED) is 0.736. The number of hydrogen-bond acceptors (Lipinski definition) is 4. The summed E-state index contributed by atoms with van der Waals surface area (Å²) in [7, 11) is -3.06. The van der Waals surface area contributed by atoms with E-state index in [1.807, 2.05) is 0 Å². The van der Waals surface area contributed by atoms with E-state index >= 15 is 0 Å². The molecule has 3 unspecified atom stereocenters. The maximum Gasteiger partial charge on any atom is 0.236 e. The molecular weight excluding hydrogens is 276 g/mol. The Kier molecular flexibility index (Phi) is 6.95.